The van der Waals surface area contributed by atoms with Gasteiger partial charge < -0.3 is 10.1 Å². The molecule has 0 atom stereocenters. The van der Waals surface area contributed by atoms with Gasteiger partial charge in [-0.05, 0) is 49.7 Å². The van der Waals surface area contributed by atoms with Gasteiger partial charge in [0.25, 0.3) is 5.91 Å². The van der Waals surface area contributed by atoms with E-state index >= 15 is 0 Å². The summed E-state index contributed by atoms with van der Waals surface area (Å²) in [6.45, 7) is 3.08. The fourth-order valence-electron chi connectivity index (χ4n) is 3.09. The Labute approximate surface area is 189 Å². The molecule has 0 saturated carbocycles. The number of aromatic nitrogens is 2. The lowest BCUT2D eigenvalue weighted by Gasteiger charge is -2.09. The van der Waals surface area contributed by atoms with Gasteiger partial charge in [-0.3, -0.25) is 9.78 Å². The fourth-order valence-corrected chi connectivity index (χ4v) is 4.59. The molecule has 1 N–H and O–H groups in total. The molecule has 0 aliphatic heterocycles. The van der Waals surface area contributed by atoms with Crippen molar-refractivity contribution in [2.75, 3.05) is 13.2 Å². The van der Waals surface area contributed by atoms with E-state index in [1.54, 1.807) is 29.3 Å². The molecule has 4 rings (SSSR count). The Morgan fingerprint density at radius 3 is 2.77 bits per heavy atom. The largest absolute Gasteiger partial charge is 0.491 e. The number of hydrogen-bond acceptors (Lipinski definition) is 6. The molecule has 0 saturated heterocycles. The number of pyridine rings is 1. The van der Waals surface area contributed by atoms with Crippen LogP contribution >= 0.6 is 23.1 Å². The summed E-state index contributed by atoms with van der Waals surface area (Å²) in [6, 6.07) is 17.5. The first kappa shape index (κ1) is 21.3. The lowest BCUT2D eigenvalue weighted by atomic mass is 10.2. The number of rotatable bonds is 9. The number of thioether (sulfide) groups is 1. The van der Waals surface area contributed by atoms with Crippen LogP contribution in [0.4, 0.5) is 0 Å². The van der Waals surface area contributed by atoms with Gasteiger partial charge in [0.15, 0.2) is 0 Å². The Morgan fingerprint density at radius 1 is 1.13 bits per heavy atom. The van der Waals surface area contributed by atoms with Crippen molar-refractivity contribution in [2.24, 2.45) is 0 Å². The first-order chi connectivity index (χ1) is 15.2. The fraction of sp³-hybridized carbons (Fsp3) is 0.208. The zero-order valence-electron chi connectivity index (χ0n) is 17.2. The van der Waals surface area contributed by atoms with Gasteiger partial charge in [0.2, 0.25) is 0 Å². The predicted octanol–water partition coefficient (Wildman–Crippen LogP) is 5.49. The first-order valence-corrected chi connectivity index (χ1v) is 11.9. The van der Waals surface area contributed by atoms with E-state index in [0.717, 1.165) is 44.4 Å². The van der Waals surface area contributed by atoms with Crippen LogP contribution in [0.2, 0.25) is 0 Å². The molecule has 0 fully saturated rings. The van der Waals surface area contributed by atoms with Crippen molar-refractivity contribution in [3.8, 4) is 5.75 Å². The summed E-state index contributed by atoms with van der Waals surface area (Å²) in [6.07, 6.45) is 2.48. The number of ether oxygens (including phenoxy) is 1. The number of amides is 1. The highest BCUT2D eigenvalue weighted by atomic mass is 32.2. The summed E-state index contributed by atoms with van der Waals surface area (Å²) in [5.41, 5.74) is 2.61. The van der Waals surface area contributed by atoms with E-state index in [1.807, 2.05) is 61.5 Å². The van der Waals surface area contributed by atoms with Crippen molar-refractivity contribution in [1.29, 1.82) is 0 Å². The van der Waals surface area contributed by atoms with E-state index in [1.165, 1.54) is 0 Å². The van der Waals surface area contributed by atoms with Crippen molar-refractivity contribution in [2.45, 2.75) is 24.0 Å². The summed E-state index contributed by atoms with van der Waals surface area (Å²) in [5.74, 6) is 1.53. The lowest BCUT2D eigenvalue weighted by Crippen LogP contribution is -2.25. The van der Waals surface area contributed by atoms with E-state index < -0.39 is 0 Å². The van der Waals surface area contributed by atoms with Crippen LogP contribution in [0, 0.1) is 6.92 Å². The third kappa shape index (κ3) is 5.83. The smallest absolute Gasteiger partial charge is 0.251 e. The van der Waals surface area contributed by atoms with Crippen molar-refractivity contribution >= 4 is 39.9 Å². The van der Waals surface area contributed by atoms with Gasteiger partial charge in [-0.15, -0.1) is 23.1 Å². The van der Waals surface area contributed by atoms with E-state index in [4.69, 9.17) is 4.74 Å². The first-order valence-electron chi connectivity index (χ1n) is 10.1. The maximum Gasteiger partial charge on any atom is 0.251 e. The quantitative estimate of drug-likeness (QED) is 0.270. The number of para-hydroxylation sites is 1. The van der Waals surface area contributed by atoms with Gasteiger partial charge in [0.05, 0.1) is 17.3 Å². The average Bonchev–Trinajstić information content (AvgIpc) is 3.23. The van der Waals surface area contributed by atoms with Crippen LogP contribution in [0.15, 0.2) is 71.1 Å². The monoisotopic (exact) mass is 449 g/mol. The summed E-state index contributed by atoms with van der Waals surface area (Å²) in [7, 11) is 0. The minimum atomic E-state index is -0.0708. The van der Waals surface area contributed by atoms with Crippen LogP contribution in [0.5, 0.6) is 5.75 Å². The molecular formula is C24H23N3O2S2. The van der Waals surface area contributed by atoms with Gasteiger partial charge in [0, 0.05) is 39.7 Å². The third-order valence-corrected chi connectivity index (χ3v) is 6.50. The summed E-state index contributed by atoms with van der Waals surface area (Å²) < 4.78 is 5.87. The minimum Gasteiger partial charge on any atom is -0.491 e. The van der Waals surface area contributed by atoms with E-state index in [2.05, 4.69) is 20.7 Å². The second kappa shape index (κ2) is 10.4. The van der Waals surface area contributed by atoms with Gasteiger partial charge in [-0.2, -0.15) is 0 Å². The predicted molar refractivity (Wildman–Crippen MR) is 127 cm³/mol. The molecule has 1 amide bonds. The molecule has 4 aromatic rings. The third-order valence-electron chi connectivity index (χ3n) is 4.63. The number of carbonyl (C=O) groups is 1. The highest BCUT2D eigenvalue weighted by Gasteiger charge is 2.07. The highest BCUT2D eigenvalue weighted by molar-refractivity contribution is 7.98. The normalized spacial score (nSPS) is 10.9. The number of carbonyl (C=O) groups excluding carboxylic acids is 1. The van der Waals surface area contributed by atoms with Crippen LogP contribution < -0.4 is 10.1 Å². The molecule has 0 spiro atoms. The van der Waals surface area contributed by atoms with E-state index in [9.17, 15) is 4.79 Å². The number of nitrogens with zero attached hydrogens (tertiary/aromatic N) is 2. The molecule has 0 radical (unpaired) electrons. The van der Waals surface area contributed by atoms with Crippen molar-refractivity contribution in [1.82, 2.24) is 15.3 Å². The van der Waals surface area contributed by atoms with Crippen LogP contribution in [0.25, 0.3) is 10.9 Å². The second-order valence-electron chi connectivity index (χ2n) is 6.96. The van der Waals surface area contributed by atoms with Crippen molar-refractivity contribution in [3.63, 3.8) is 0 Å². The Balaban J connectivity index is 1.20. The van der Waals surface area contributed by atoms with Crippen LogP contribution in [0.3, 0.4) is 0 Å². The number of hydrogen-bond donors (Lipinski definition) is 1. The van der Waals surface area contributed by atoms with Crippen LogP contribution in [0.1, 0.15) is 27.5 Å². The van der Waals surface area contributed by atoms with Gasteiger partial charge in [-0.1, -0.05) is 18.2 Å². The molecule has 2 aromatic carbocycles. The molecule has 5 nitrogen and oxygen atoms in total. The molecule has 0 bridgehead atoms. The molecule has 31 heavy (non-hydrogen) atoms. The molecule has 0 aliphatic carbocycles. The van der Waals surface area contributed by atoms with Gasteiger partial charge in [-0.25, -0.2) is 4.98 Å². The van der Waals surface area contributed by atoms with E-state index in [0.29, 0.717) is 18.7 Å². The zero-order valence-corrected chi connectivity index (χ0v) is 18.8. The van der Waals surface area contributed by atoms with Gasteiger partial charge in [0.1, 0.15) is 11.3 Å². The number of fused-ring (bicyclic) bond motifs is 1. The van der Waals surface area contributed by atoms with Crippen molar-refractivity contribution in [3.05, 3.63) is 82.4 Å². The SMILES string of the molecule is Cc1nc(CSc2ccc(C(=O)NCCCOc3cccc4cccnc34)cc2)cs1. The van der Waals surface area contributed by atoms with Gasteiger partial charge >= 0.3 is 0 Å². The maximum absolute atomic E-state index is 12.4. The van der Waals surface area contributed by atoms with Crippen molar-refractivity contribution < 1.29 is 9.53 Å². The Hall–Kier alpha value is -2.90. The topological polar surface area (TPSA) is 64.1 Å². The summed E-state index contributed by atoms with van der Waals surface area (Å²) in [4.78, 5) is 22.4. The molecule has 0 aliphatic rings. The molecule has 0 unspecified atom stereocenters. The summed E-state index contributed by atoms with van der Waals surface area (Å²) >= 11 is 3.39. The number of thiazole rings is 1. The molecule has 2 heterocycles. The molecular weight excluding hydrogens is 426 g/mol. The van der Waals surface area contributed by atoms with E-state index in [-0.39, 0.29) is 5.91 Å². The van der Waals surface area contributed by atoms with Crippen LogP contribution in [-0.4, -0.2) is 29.0 Å². The minimum absolute atomic E-state index is 0.0708. The van der Waals surface area contributed by atoms with Crippen LogP contribution in [-0.2, 0) is 5.75 Å². The standard InChI is InChI=1S/C24H23N3O2S2/c1-17-27-20(15-30-17)16-31-21-10-8-19(9-11-21)24(28)26-13-4-14-29-22-7-2-5-18-6-3-12-25-23(18)22/h2-3,5-12,15H,4,13-14,16H2,1H3,(H,26,28). The highest BCUT2D eigenvalue weighted by Crippen LogP contribution is 2.24. The molecule has 158 valence electrons. The summed E-state index contributed by atoms with van der Waals surface area (Å²) in [5, 5.41) is 7.18. The number of benzene rings is 2. The number of aryl methyl sites for hydroxylation is 1. The lowest BCUT2D eigenvalue weighted by molar-refractivity contribution is 0.0951. The maximum atomic E-state index is 12.4. The second-order valence-corrected chi connectivity index (χ2v) is 9.07. The molecule has 2 aromatic heterocycles. The number of nitrogens with one attached hydrogen (secondary N) is 1. The zero-order chi connectivity index (χ0) is 21.5. The average molecular weight is 450 g/mol. The Kier molecular flexibility index (Phi) is 7.17. The molecule has 7 heteroatoms. The Bertz CT molecular complexity index is 1150. The Morgan fingerprint density at radius 2 is 1.97 bits per heavy atom.